The van der Waals surface area contributed by atoms with Gasteiger partial charge in [-0.15, -0.1) is 11.3 Å². The molecule has 1 saturated carbocycles. The zero-order valence-corrected chi connectivity index (χ0v) is 10.2. The summed E-state index contributed by atoms with van der Waals surface area (Å²) in [6, 6.07) is 0.701. The molecule has 1 fully saturated rings. The third-order valence-corrected chi connectivity index (χ3v) is 5.43. The number of thioether (sulfide) groups is 1. The second-order valence-electron chi connectivity index (χ2n) is 3.79. The molecule has 2 nitrogen and oxygen atoms in total. The maximum absolute atomic E-state index is 4.33. The van der Waals surface area contributed by atoms with Crippen molar-refractivity contribution in [2.75, 3.05) is 7.05 Å². The highest BCUT2D eigenvalue weighted by Crippen LogP contribution is 2.39. The fourth-order valence-electron chi connectivity index (χ4n) is 2.10. The topological polar surface area (TPSA) is 24.9 Å². The van der Waals surface area contributed by atoms with Gasteiger partial charge in [-0.3, -0.25) is 0 Å². The lowest BCUT2D eigenvalue weighted by Gasteiger charge is -2.18. The van der Waals surface area contributed by atoms with Gasteiger partial charge < -0.3 is 5.32 Å². The van der Waals surface area contributed by atoms with Gasteiger partial charge in [0.2, 0.25) is 0 Å². The molecule has 1 aromatic rings. The van der Waals surface area contributed by atoms with Crippen molar-refractivity contribution in [1.82, 2.24) is 10.3 Å². The van der Waals surface area contributed by atoms with Gasteiger partial charge in [0.15, 0.2) is 0 Å². The Balaban J connectivity index is 1.94. The number of nitrogens with one attached hydrogen (secondary N) is 1. The molecule has 0 aromatic carbocycles. The highest BCUT2D eigenvalue weighted by Gasteiger charge is 2.32. The van der Waals surface area contributed by atoms with Crippen LogP contribution in [0.1, 0.15) is 19.8 Å². The number of nitrogens with zero attached hydrogens (tertiary/aromatic N) is 1. The van der Waals surface area contributed by atoms with Gasteiger partial charge in [0.1, 0.15) is 4.34 Å². The molecular formula is C10H16N2S2. The lowest BCUT2D eigenvalue weighted by molar-refractivity contribution is 0.464. The van der Waals surface area contributed by atoms with Crippen LogP contribution in [-0.4, -0.2) is 23.3 Å². The average molecular weight is 228 g/mol. The summed E-state index contributed by atoms with van der Waals surface area (Å²) >= 11 is 3.70. The molecule has 0 saturated heterocycles. The molecule has 4 heteroatoms. The Morgan fingerprint density at radius 3 is 3.00 bits per heavy atom. The van der Waals surface area contributed by atoms with Crippen LogP contribution in [-0.2, 0) is 0 Å². The standard InChI is InChI=1S/C10H16N2S2/c1-7-8(11-2)3-4-9(7)14-10-12-5-6-13-10/h5-9,11H,3-4H2,1-2H3. The quantitative estimate of drug-likeness (QED) is 0.861. The normalized spacial score (nSPS) is 32.3. The first-order chi connectivity index (χ1) is 6.81. The number of aromatic nitrogens is 1. The van der Waals surface area contributed by atoms with E-state index in [4.69, 9.17) is 0 Å². The van der Waals surface area contributed by atoms with E-state index in [-0.39, 0.29) is 0 Å². The van der Waals surface area contributed by atoms with Crippen molar-refractivity contribution in [1.29, 1.82) is 0 Å². The first-order valence-corrected chi connectivity index (χ1v) is 6.80. The Bertz CT molecular complexity index is 274. The molecule has 1 aromatic heterocycles. The molecule has 1 N–H and O–H groups in total. The van der Waals surface area contributed by atoms with Crippen LogP contribution >= 0.6 is 23.1 Å². The summed E-state index contributed by atoms with van der Waals surface area (Å²) in [4.78, 5) is 4.33. The predicted molar refractivity (Wildman–Crippen MR) is 63.0 cm³/mol. The van der Waals surface area contributed by atoms with E-state index >= 15 is 0 Å². The smallest absolute Gasteiger partial charge is 0.150 e. The van der Waals surface area contributed by atoms with Crippen LogP contribution < -0.4 is 5.32 Å². The second kappa shape index (κ2) is 4.64. The van der Waals surface area contributed by atoms with E-state index in [0.29, 0.717) is 6.04 Å². The van der Waals surface area contributed by atoms with Crippen molar-refractivity contribution in [2.24, 2.45) is 5.92 Å². The summed E-state index contributed by atoms with van der Waals surface area (Å²) in [5.41, 5.74) is 0. The third kappa shape index (κ3) is 2.12. The monoisotopic (exact) mass is 228 g/mol. The van der Waals surface area contributed by atoms with E-state index in [1.165, 1.54) is 17.2 Å². The SMILES string of the molecule is CNC1CCC(Sc2nccs2)C1C. The number of hydrogen-bond acceptors (Lipinski definition) is 4. The molecule has 78 valence electrons. The van der Waals surface area contributed by atoms with Gasteiger partial charge in [0.05, 0.1) is 0 Å². The molecule has 0 radical (unpaired) electrons. The first kappa shape index (κ1) is 10.5. The minimum absolute atomic E-state index is 0.701. The molecular weight excluding hydrogens is 212 g/mol. The van der Waals surface area contributed by atoms with Gasteiger partial charge in [0, 0.05) is 22.9 Å². The molecule has 14 heavy (non-hydrogen) atoms. The van der Waals surface area contributed by atoms with Crippen molar-refractivity contribution in [3.8, 4) is 0 Å². The van der Waals surface area contributed by atoms with Gasteiger partial charge in [-0.05, 0) is 25.8 Å². The summed E-state index contributed by atoms with van der Waals surface area (Å²) in [6.07, 6.45) is 4.51. The second-order valence-corrected chi connectivity index (χ2v) is 6.17. The lowest BCUT2D eigenvalue weighted by Crippen LogP contribution is -2.29. The Kier molecular flexibility index (Phi) is 3.47. The van der Waals surface area contributed by atoms with E-state index < -0.39 is 0 Å². The predicted octanol–water partition coefficient (Wildman–Crippen LogP) is 2.62. The first-order valence-electron chi connectivity index (χ1n) is 5.04. The van der Waals surface area contributed by atoms with Crippen LogP contribution in [0, 0.1) is 5.92 Å². The zero-order chi connectivity index (χ0) is 9.97. The van der Waals surface area contributed by atoms with Crippen molar-refractivity contribution >= 4 is 23.1 Å². The maximum atomic E-state index is 4.33. The summed E-state index contributed by atoms with van der Waals surface area (Å²) in [5, 5.41) is 6.19. The Labute approximate surface area is 93.5 Å². The maximum Gasteiger partial charge on any atom is 0.150 e. The minimum Gasteiger partial charge on any atom is -0.317 e. The molecule has 3 unspecified atom stereocenters. The van der Waals surface area contributed by atoms with Crippen LogP contribution in [0.15, 0.2) is 15.9 Å². The van der Waals surface area contributed by atoms with Gasteiger partial charge >= 0.3 is 0 Å². The summed E-state index contributed by atoms with van der Waals surface area (Å²) in [5.74, 6) is 0.758. The zero-order valence-electron chi connectivity index (χ0n) is 8.56. The van der Waals surface area contributed by atoms with Crippen LogP contribution in [0.4, 0.5) is 0 Å². The van der Waals surface area contributed by atoms with Gasteiger partial charge in [-0.1, -0.05) is 18.7 Å². The van der Waals surface area contributed by atoms with E-state index in [1.807, 2.05) is 18.0 Å². The van der Waals surface area contributed by atoms with Gasteiger partial charge in [-0.2, -0.15) is 0 Å². The van der Waals surface area contributed by atoms with E-state index in [2.05, 4.69) is 29.7 Å². The Morgan fingerprint density at radius 2 is 2.43 bits per heavy atom. The molecule has 0 amide bonds. The largest absolute Gasteiger partial charge is 0.317 e. The molecule has 2 rings (SSSR count). The van der Waals surface area contributed by atoms with Crippen LogP contribution in [0.3, 0.4) is 0 Å². The fraction of sp³-hybridized carbons (Fsp3) is 0.700. The average Bonchev–Trinajstić information content (AvgIpc) is 2.79. The van der Waals surface area contributed by atoms with Crippen LogP contribution in [0.5, 0.6) is 0 Å². The summed E-state index contributed by atoms with van der Waals surface area (Å²) in [6.45, 7) is 2.35. The summed E-state index contributed by atoms with van der Waals surface area (Å²) in [7, 11) is 2.07. The molecule has 0 spiro atoms. The van der Waals surface area contributed by atoms with Crippen molar-refractivity contribution in [3.05, 3.63) is 11.6 Å². The highest BCUT2D eigenvalue weighted by atomic mass is 32.2. The molecule has 3 atom stereocenters. The Hall–Kier alpha value is -0.0600. The molecule has 0 bridgehead atoms. The molecule has 1 aliphatic rings. The molecule has 1 aliphatic carbocycles. The molecule has 1 heterocycles. The fourth-order valence-corrected chi connectivity index (χ4v) is 4.26. The lowest BCUT2D eigenvalue weighted by atomic mass is 10.1. The number of rotatable bonds is 3. The van der Waals surface area contributed by atoms with Crippen molar-refractivity contribution < 1.29 is 0 Å². The van der Waals surface area contributed by atoms with Crippen molar-refractivity contribution in [2.45, 2.75) is 35.4 Å². The van der Waals surface area contributed by atoms with Gasteiger partial charge in [-0.25, -0.2) is 4.98 Å². The van der Waals surface area contributed by atoms with Crippen LogP contribution in [0.25, 0.3) is 0 Å². The number of hydrogen-bond donors (Lipinski definition) is 1. The number of thiazole rings is 1. The Morgan fingerprint density at radius 1 is 1.57 bits per heavy atom. The van der Waals surface area contributed by atoms with E-state index in [9.17, 15) is 0 Å². The highest BCUT2D eigenvalue weighted by molar-refractivity contribution is 8.01. The van der Waals surface area contributed by atoms with Crippen LogP contribution in [0.2, 0.25) is 0 Å². The van der Waals surface area contributed by atoms with Gasteiger partial charge in [0.25, 0.3) is 0 Å². The third-order valence-electron chi connectivity index (χ3n) is 3.02. The van der Waals surface area contributed by atoms with Crippen molar-refractivity contribution in [3.63, 3.8) is 0 Å². The molecule has 0 aliphatic heterocycles. The minimum atomic E-state index is 0.701. The summed E-state index contributed by atoms with van der Waals surface area (Å²) < 4.78 is 1.22. The van der Waals surface area contributed by atoms with E-state index in [1.54, 1.807) is 11.3 Å². The van der Waals surface area contributed by atoms with E-state index in [0.717, 1.165) is 11.2 Å².